The molecule has 0 radical (unpaired) electrons. The molecule has 196 valence electrons. The summed E-state index contributed by atoms with van der Waals surface area (Å²) in [7, 11) is 1.56. The number of thioether (sulfide) groups is 1. The van der Waals surface area contributed by atoms with Gasteiger partial charge in [0.15, 0.2) is 11.0 Å². The van der Waals surface area contributed by atoms with Gasteiger partial charge in [-0.2, -0.15) is 0 Å². The number of rotatable bonds is 11. The number of carbonyl (C=O) groups excluding carboxylic acids is 2. The summed E-state index contributed by atoms with van der Waals surface area (Å²) < 4.78 is 7.02. The van der Waals surface area contributed by atoms with Gasteiger partial charge in [-0.3, -0.25) is 19.7 Å². The molecular weight excluding hydrogens is 496 g/mol. The van der Waals surface area contributed by atoms with Crippen LogP contribution in [0.15, 0.2) is 47.6 Å². The van der Waals surface area contributed by atoms with Gasteiger partial charge in [-0.25, -0.2) is 0 Å². The van der Waals surface area contributed by atoms with E-state index in [4.69, 9.17) is 4.74 Å². The van der Waals surface area contributed by atoms with Crippen LogP contribution in [-0.2, 0) is 11.3 Å². The van der Waals surface area contributed by atoms with Crippen molar-refractivity contribution in [2.75, 3.05) is 18.2 Å². The van der Waals surface area contributed by atoms with Crippen molar-refractivity contribution in [2.24, 2.45) is 5.92 Å². The van der Waals surface area contributed by atoms with Gasteiger partial charge in [0.05, 0.1) is 23.8 Å². The minimum Gasteiger partial charge on any atom is -0.497 e. The van der Waals surface area contributed by atoms with Crippen LogP contribution >= 0.6 is 11.8 Å². The first-order valence-electron chi connectivity index (χ1n) is 11.7. The average Bonchev–Trinajstić information content (AvgIpc) is 3.29. The molecule has 1 heterocycles. The van der Waals surface area contributed by atoms with E-state index in [1.807, 2.05) is 25.3 Å². The Morgan fingerprint density at radius 3 is 2.46 bits per heavy atom. The van der Waals surface area contributed by atoms with Crippen molar-refractivity contribution in [2.45, 2.75) is 45.4 Å². The lowest BCUT2D eigenvalue weighted by Gasteiger charge is -2.22. The number of nitro groups is 1. The predicted molar refractivity (Wildman–Crippen MR) is 141 cm³/mol. The third-order valence-corrected chi connectivity index (χ3v) is 6.63. The third-order valence-electron chi connectivity index (χ3n) is 5.67. The van der Waals surface area contributed by atoms with Crippen molar-refractivity contribution < 1.29 is 19.2 Å². The summed E-state index contributed by atoms with van der Waals surface area (Å²) in [5.74, 6) is 0.738. The van der Waals surface area contributed by atoms with Gasteiger partial charge in [0.2, 0.25) is 5.91 Å². The number of ether oxygens (including phenoxy) is 1. The zero-order valence-corrected chi connectivity index (χ0v) is 22.2. The van der Waals surface area contributed by atoms with Crippen LogP contribution in [0.1, 0.15) is 48.6 Å². The third kappa shape index (κ3) is 6.85. The zero-order chi connectivity index (χ0) is 27.1. The molecule has 2 amide bonds. The molecule has 0 spiro atoms. The Kier molecular flexibility index (Phi) is 9.23. The summed E-state index contributed by atoms with van der Waals surface area (Å²) in [6, 6.07) is 11.0. The molecule has 0 saturated heterocycles. The van der Waals surface area contributed by atoms with Crippen LogP contribution in [0.3, 0.4) is 0 Å². The van der Waals surface area contributed by atoms with Crippen LogP contribution in [0.4, 0.5) is 11.4 Å². The molecule has 2 aromatic carbocycles. The number of hydrogen-bond donors (Lipinski definition) is 2. The van der Waals surface area contributed by atoms with Crippen molar-refractivity contribution in [3.8, 4) is 5.75 Å². The maximum atomic E-state index is 12.9. The van der Waals surface area contributed by atoms with Crippen LogP contribution in [0.2, 0.25) is 0 Å². The fraction of sp³-hybridized carbons (Fsp3) is 0.360. The highest BCUT2D eigenvalue weighted by atomic mass is 32.2. The van der Waals surface area contributed by atoms with Crippen LogP contribution in [-0.4, -0.2) is 44.4 Å². The van der Waals surface area contributed by atoms with Crippen molar-refractivity contribution in [1.82, 2.24) is 20.1 Å². The first kappa shape index (κ1) is 27.7. The van der Waals surface area contributed by atoms with E-state index >= 15 is 0 Å². The number of carbonyl (C=O) groups is 2. The van der Waals surface area contributed by atoms with Crippen LogP contribution in [0.25, 0.3) is 0 Å². The standard InChI is InChI=1S/C25H30N6O5S/c1-6-30-23(22(15(2)3)27-24(33)17-8-11-19(36-5)12-9-17)28-29-25(30)37-14-21(32)26-18-10-7-16(4)20(13-18)31(34)35/h7-13,15,22H,6,14H2,1-5H3,(H,26,32)(H,27,33)/t22-/m1/s1. The number of nitrogens with one attached hydrogen (secondary N) is 2. The molecule has 11 nitrogen and oxygen atoms in total. The van der Waals surface area contributed by atoms with E-state index in [0.29, 0.717) is 40.1 Å². The second-order valence-electron chi connectivity index (χ2n) is 8.60. The number of anilines is 1. The minimum atomic E-state index is -0.483. The Morgan fingerprint density at radius 2 is 1.86 bits per heavy atom. The van der Waals surface area contributed by atoms with Crippen molar-refractivity contribution in [3.05, 3.63) is 69.5 Å². The summed E-state index contributed by atoms with van der Waals surface area (Å²) in [5.41, 5.74) is 1.30. The van der Waals surface area contributed by atoms with Gasteiger partial charge in [0, 0.05) is 29.4 Å². The lowest BCUT2D eigenvalue weighted by atomic mass is 10.0. The fourth-order valence-electron chi connectivity index (χ4n) is 3.64. The molecule has 0 fully saturated rings. The van der Waals surface area contributed by atoms with Gasteiger partial charge < -0.3 is 19.9 Å². The first-order chi connectivity index (χ1) is 17.6. The van der Waals surface area contributed by atoms with Crippen molar-refractivity contribution >= 4 is 35.0 Å². The van der Waals surface area contributed by atoms with Gasteiger partial charge in [0.1, 0.15) is 5.75 Å². The summed E-state index contributed by atoms with van der Waals surface area (Å²) >= 11 is 1.20. The van der Waals surface area contributed by atoms with Crippen molar-refractivity contribution in [3.63, 3.8) is 0 Å². The number of hydrogen-bond acceptors (Lipinski definition) is 8. The lowest BCUT2D eigenvalue weighted by Crippen LogP contribution is -2.33. The molecule has 1 atom stereocenters. The number of nitrogens with zero attached hydrogens (tertiary/aromatic N) is 4. The molecule has 37 heavy (non-hydrogen) atoms. The van der Waals surface area contributed by atoms with Gasteiger partial charge in [-0.05, 0) is 50.1 Å². The van der Waals surface area contributed by atoms with Crippen LogP contribution < -0.4 is 15.4 Å². The summed E-state index contributed by atoms with van der Waals surface area (Å²) in [6.07, 6.45) is 0. The Labute approximate surface area is 219 Å². The Morgan fingerprint density at radius 1 is 1.16 bits per heavy atom. The number of aryl methyl sites for hydroxylation is 1. The topological polar surface area (TPSA) is 141 Å². The lowest BCUT2D eigenvalue weighted by molar-refractivity contribution is -0.385. The smallest absolute Gasteiger partial charge is 0.274 e. The molecule has 2 N–H and O–H groups in total. The average molecular weight is 527 g/mol. The molecule has 3 rings (SSSR count). The Balaban J connectivity index is 1.70. The molecular formula is C25H30N6O5S. The molecule has 0 saturated carbocycles. The molecule has 0 bridgehead atoms. The molecule has 0 aliphatic rings. The van der Waals surface area contributed by atoms with E-state index in [1.165, 1.54) is 17.8 Å². The molecule has 1 aromatic heterocycles. The molecule has 0 aliphatic heterocycles. The number of nitro benzene ring substituents is 1. The Hall–Kier alpha value is -3.93. The maximum Gasteiger partial charge on any atom is 0.274 e. The highest BCUT2D eigenvalue weighted by molar-refractivity contribution is 7.99. The summed E-state index contributed by atoms with van der Waals surface area (Å²) in [4.78, 5) is 36.1. The van der Waals surface area contributed by atoms with E-state index in [9.17, 15) is 19.7 Å². The first-order valence-corrected chi connectivity index (χ1v) is 12.7. The zero-order valence-electron chi connectivity index (χ0n) is 21.3. The monoisotopic (exact) mass is 526 g/mol. The highest BCUT2D eigenvalue weighted by Crippen LogP contribution is 2.27. The predicted octanol–water partition coefficient (Wildman–Crippen LogP) is 4.38. The largest absolute Gasteiger partial charge is 0.497 e. The fourth-order valence-corrected chi connectivity index (χ4v) is 4.45. The molecule has 0 aliphatic carbocycles. The highest BCUT2D eigenvalue weighted by Gasteiger charge is 2.26. The van der Waals surface area contributed by atoms with E-state index in [2.05, 4.69) is 20.8 Å². The van der Waals surface area contributed by atoms with E-state index in [-0.39, 0.29) is 29.2 Å². The molecule has 0 unspecified atom stereocenters. The second-order valence-corrected chi connectivity index (χ2v) is 9.55. The quantitative estimate of drug-likeness (QED) is 0.213. The van der Waals surface area contributed by atoms with E-state index in [1.54, 1.807) is 50.4 Å². The van der Waals surface area contributed by atoms with Crippen LogP contribution in [0, 0.1) is 23.0 Å². The van der Waals surface area contributed by atoms with Crippen LogP contribution in [0.5, 0.6) is 5.75 Å². The number of aromatic nitrogens is 3. The maximum absolute atomic E-state index is 12.9. The molecule has 3 aromatic rings. The normalized spacial score (nSPS) is 11.7. The summed E-state index contributed by atoms with van der Waals surface area (Å²) in [5, 5.41) is 26.0. The number of benzene rings is 2. The van der Waals surface area contributed by atoms with Gasteiger partial charge >= 0.3 is 0 Å². The number of methoxy groups -OCH3 is 1. The van der Waals surface area contributed by atoms with Gasteiger partial charge in [0.25, 0.3) is 11.6 Å². The number of amides is 2. The molecule has 12 heteroatoms. The summed E-state index contributed by atoms with van der Waals surface area (Å²) in [6.45, 7) is 8.07. The SMILES string of the molecule is CCn1c(SCC(=O)Nc2ccc(C)c([N+](=O)[O-])c2)nnc1[C@H](NC(=O)c1ccc(OC)cc1)C(C)C. The minimum absolute atomic E-state index is 0.0233. The van der Waals surface area contributed by atoms with Crippen molar-refractivity contribution in [1.29, 1.82) is 0 Å². The second kappa shape index (κ2) is 12.3. The van der Waals surface area contributed by atoms with E-state index in [0.717, 1.165) is 0 Å². The van der Waals surface area contributed by atoms with Gasteiger partial charge in [-0.15, -0.1) is 10.2 Å². The van der Waals surface area contributed by atoms with E-state index < -0.39 is 11.0 Å². The Bertz CT molecular complexity index is 1280. The van der Waals surface area contributed by atoms with Gasteiger partial charge in [-0.1, -0.05) is 31.7 Å².